The summed E-state index contributed by atoms with van der Waals surface area (Å²) in [6, 6.07) is 0.866. The minimum Gasteiger partial charge on any atom is -0.315 e. The van der Waals surface area contributed by atoms with Crippen molar-refractivity contribution in [1.82, 2.24) is 10.2 Å². The average molecular weight is 254 g/mol. The van der Waals surface area contributed by atoms with Gasteiger partial charge < -0.3 is 10.2 Å². The van der Waals surface area contributed by atoms with Gasteiger partial charge in [0.15, 0.2) is 0 Å². The fraction of sp³-hybridized carbons (Fsp3) is 1.00. The van der Waals surface area contributed by atoms with Gasteiger partial charge in [-0.25, -0.2) is 0 Å². The minimum atomic E-state index is 0.866. The Morgan fingerprint density at radius 3 is 2.39 bits per heavy atom. The van der Waals surface area contributed by atoms with E-state index >= 15 is 0 Å². The maximum Gasteiger partial charge on any atom is 0.0107 e. The standard InChI is InChI=1S/C16H34N2/c1-3-4-5-6-10-13-17-14-15-18(2)16-11-8-7-9-12-16/h16-17H,3-15H2,1-2H3. The molecule has 0 spiro atoms. The summed E-state index contributed by atoms with van der Waals surface area (Å²) >= 11 is 0. The van der Waals surface area contributed by atoms with Crippen LogP contribution in [0.2, 0.25) is 0 Å². The molecule has 0 bridgehead atoms. The van der Waals surface area contributed by atoms with Crippen LogP contribution in [0.4, 0.5) is 0 Å². The van der Waals surface area contributed by atoms with Gasteiger partial charge in [0.2, 0.25) is 0 Å². The normalized spacial score (nSPS) is 17.5. The third-order valence-corrected chi connectivity index (χ3v) is 4.30. The largest absolute Gasteiger partial charge is 0.315 e. The molecule has 1 N–H and O–H groups in total. The lowest BCUT2D eigenvalue weighted by Crippen LogP contribution is -2.38. The Balaban J connectivity index is 1.87. The van der Waals surface area contributed by atoms with Crippen LogP contribution in [0.25, 0.3) is 0 Å². The number of rotatable bonds is 10. The monoisotopic (exact) mass is 254 g/mol. The van der Waals surface area contributed by atoms with Crippen LogP contribution < -0.4 is 5.32 Å². The van der Waals surface area contributed by atoms with E-state index in [0.29, 0.717) is 0 Å². The lowest BCUT2D eigenvalue weighted by Gasteiger charge is -2.31. The van der Waals surface area contributed by atoms with Crippen molar-refractivity contribution in [2.45, 2.75) is 77.2 Å². The summed E-state index contributed by atoms with van der Waals surface area (Å²) in [6.07, 6.45) is 14.1. The van der Waals surface area contributed by atoms with Crippen molar-refractivity contribution in [2.24, 2.45) is 0 Å². The molecule has 18 heavy (non-hydrogen) atoms. The number of nitrogens with one attached hydrogen (secondary N) is 1. The SMILES string of the molecule is CCCCCCCNCCN(C)C1CCCCC1. The van der Waals surface area contributed by atoms with Gasteiger partial charge in [0.25, 0.3) is 0 Å². The van der Waals surface area contributed by atoms with E-state index in [1.807, 2.05) is 0 Å². The van der Waals surface area contributed by atoms with E-state index in [4.69, 9.17) is 0 Å². The highest BCUT2D eigenvalue weighted by Crippen LogP contribution is 2.21. The number of likely N-dealkylation sites (N-methyl/N-ethyl adjacent to an activating group) is 1. The molecular formula is C16H34N2. The lowest BCUT2D eigenvalue weighted by molar-refractivity contribution is 0.192. The Bertz CT molecular complexity index is 176. The maximum absolute atomic E-state index is 3.59. The molecule has 0 aromatic carbocycles. The van der Waals surface area contributed by atoms with Crippen molar-refractivity contribution in [3.8, 4) is 0 Å². The van der Waals surface area contributed by atoms with Crippen LogP contribution in [0.1, 0.15) is 71.1 Å². The Labute approximate surface area is 115 Å². The van der Waals surface area contributed by atoms with Gasteiger partial charge in [0.05, 0.1) is 0 Å². The van der Waals surface area contributed by atoms with Gasteiger partial charge in [0, 0.05) is 19.1 Å². The molecule has 0 aliphatic heterocycles. The van der Waals surface area contributed by atoms with Gasteiger partial charge in [-0.15, -0.1) is 0 Å². The zero-order valence-corrected chi connectivity index (χ0v) is 12.7. The van der Waals surface area contributed by atoms with Crippen molar-refractivity contribution < 1.29 is 0 Å². The fourth-order valence-corrected chi connectivity index (χ4v) is 2.94. The van der Waals surface area contributed by atoms with Crippen molar-refractivity contribution in [1.29, 1.82) is 0 Å². The summed E-state index contributed by atoms with van der Waals surface area (Å²) in [4.78, 5) is 2.57. The average Bonchev–Trinajstić information content (AvgIpc) is 2.42. The summed E-state index contributed by atoms with van der Waals surface area (Å²) in [5.74, 6) is 0. The lowest BCUT2D eigenvalue weighted by atomic mass is 9.94. The van der Waals surface area contributed by atoms with Gasteiger partial charge in [-0.05, 0) is 32.9 Å². The molecule has 1 fully saturated rings. The number of hydrogen-bond donors (Lipinski definition) is 1. The number of unbranched alkanes of at least 4 members (excludes halogenated alkanes) is 4. The first-order valence-electron chi connectivity index (χ1n) is 8.25. The van der Waals surface area contributed by atoms with E-state index in [0.717, 1.165) is 6.04 Å². The quantitative estimate of drug-likeness (QED) is 0.596. The van der Waals surface area contributed by atoms with Crippen LogP contribution >= 0.6 is 0 Å². The molecule has 1 aliphatic rings. The van der Waals surface area contributed by atoms with E-state index in [1.54, 1.807) is 0 Å². The molecule has 0 aromatic heterocycles. The van der Waals surface area contributed by atoms with Crippen molar-refractivity contribution in [3.05, 3.63) is 0 Å². The Morgan fingerprint density at radius 2 is 1.67 bits per heavy atom. The molecule has 0 amide bonds. The van der Waals surface area contributed by atoms with Crippen LogP contribution in [-0.4, -0.2) is 37.6 Å². The third kappa shape index (κ3) is 7.38. The van der Waals surface area contributed by atoms with Crippen molar-refractivity contribution in [2.75, 3.05) is 26.7 Å². The van der Waals surface area contributed by atoms with E-state index in [2.05, 4.69) is 24.2 Å². The summed E-state index contributed by atoms with van der Waals surface area (Å²) in [5.41, 5.74) is 0. The van der Waals surface area contributed by atoms with Crippen LogP contribution in [0.15, 0.2) is 0 Å². The van der Waals surface area contributed by atoms with Gasteiger partial charge in [0.1, 0.15) is 0 Å². The first-order valence-corrected chi connectivity index (χ1v) is 8.25. The second-order valence-electron chi connectivity index (χ2n) is 5.94. The highest BCUT2D eigenvalue weighted by atomic mass is 15.1. The first kappa shape index (κ1) is 16.0. The molecule has 1 rings (SSSR count). The molecular weight excluding hydrogens is 220 g/mol. The second kappa shape index (κ2) is 10.8. The smallest absolute Gasteiger partial charge is 0.0107 e. The second-order valence-corrected chi connectivity index (χ2v) is 5.94. The highest BCUT2D eigenvalue weighted by Gasteiger charge is 2.16. The van der Waals surface area contributed by atoms with E-state index in [9.17, 15) is 0 Å². The summed E-state index contributed by atoms with van der Waals surface area (Å²) < 4.78 is 0. The van der Waals surface area contributed by atoms with Crippen LogP contribution in [0.5, 0.6) is 0 Å². The predicted octanol–water partition coefficient (Wildman–Crippen LogP) is 3.81. The molecule has 0 aromatic rings. The summed E-state index contributed by atoms with van der Waals surface area (Å²) in [7, 11) is 2.30. The number of nitrogens with zero attached hydrogens (tertiary/aromatic N) is 1. The molecule has 2 heteroatoms. The topological polar surface area (TPSA) is 15.3 Å². The predicted molar refractivity (Wildman–Crippen MR) is 81.1 cm³/mol. The maximum atomic E-state index is 3.59. The zero-order valence-electron chi connectivity index (χ0n) is 12.7. The van der Waals surface area contributed by atoms with Gasteiger partial charge >= 0.3 is 0 Å². The summed E-state index contributed by atoms with van der Waals surface area (Å²) in [6.45, 7) is 5.88. The van der Waals surface area contributed by atoms with E-state index in [-0.39, 0.29) is 0 Å². The van der Waals surface area contributed by atoms with Gasteiger partial charge in [-0.3, -0.25) is 0 Å². The fourth-order valence-electron chi connectivity index (χ4n) is 2.94. The third-order valence-electron chi connectivity index (χ3n) is 4.30. The van der Waals surface area contributed by atoms with Crippen LogP contribution in [0.3, 0.4) is 0 Å². The van der Waals surface area contributed by atoms with Crippen molar-refractivity contribution >= 4 is 0 Å². The molecule has 108 valence electrons. The van der Waals surface area contributed by atoms with Crippen LogP contribution in [0, 0.1) is 0 Å². The first-order chi connectivity index (χ1) is 8.84. The molecule has 1 saturated carbocycles. The van der Waals surface area contributed by atoms with Gasteiger partial charge in [-0.2, -0.15) is 0 Å². The molecule has 0 radical (unpaired) electrons. The van der Waals surface area contributed by atoms with Crippen molar-refractivity contribution in [3.63, 3.8) is 0 Å². The Kier molecular flexibility index (Phi) is 9.59. The number of hydrogen-bond acceptors (Lipinski definition) is 2. The Morgan fingerprint density at radius 1 is 0.944 bits per heavy atom. The molecule has 0 atom stereocenters. The Hall–Kier alpha value is -0.0800. The molecule has 1 aliphatic carbocycles. The molecule has 2 nitrogen and oxygen atoms in total. The highest BCUT2D eigenvalue weighted by molar-refractivity contribution is 4.73. The molecule has 0 saturated heterocycles. The molecule has 0 unspecified atom stereocenters. The van der Waals surface area contributed by atoms with Crippen LogP contribution in [-0.2, 0) is 0 Å². The molecule has 0 heterocycles. The van der Waals surface area contributed by atoms with E-state index < -0.39 is 0 Å². The summed E-state index contributed by atoms with van der Waals surface area (Å²) in [5, 5.41) is 3.59. The van der Waals surface area contributed by atoms with Gasteiger partial charge in [-0.1, -0.05) is 51.9 Å². The zero-order chi connectivity index (χ0) is 13.1. The van der Waals surface area contributed by atoms with E-state index in [1.165, 1.54) is 83.8 Å². The minimum absolute atomic E-state index is 0.866.